The molecule has 1 amide bonds. The lowest BCUT2D eigenvalue weighted by Crippen LogP contribution is -2.31. The van der Waals surface area contributed by atoms with Gasteiger partial charge in [-0.05, 0) is 23.3 Å². The monoisotopic (exact) mass is 382 g/mol. The highest BCUT2D eigenvalue weighted by molar-refractivity contribution is 7.11. The van der Waals surface area contributed by atoms with Crippen molar-refractivity contribution in [2.24, 2.45) is 0 Å². The maximum Gasteiger partial charge on any atom is 0.273 e. The average Bonchev–Trinajstić information content (AvgIpc) is 3.38. The van der Waals surface area contributed by atoms with Crippen LogP contribution in [0.5, 0.6) is 10.9 Å². The van der Waals surface area contributed by atoms with E-state index in [-0.39, 0.29) is 12.0 Å². The van der Waals surface area contributed by atoms with Crippen LogP contribution in [0.4, 0.5) is 0 Å². The second-order valence-corrected chi connectivity index (χ2v) is 7.49. The summed E-state index contributed by atoms with van der Waals surface area (Å²) in [5.74, 6) is 1.00. The number of aromatic nitrogens is 1. The first-order chi connectivity index (χ1) is 13.2. The quantitative estimate of drug-likeness (QED) is 0.648. The van der Waals surface area contributed by atoms with Gasteiger partial charge in [-0.25, -0.2) is 4.98 Å². The molecule has 3 aromatic rings. The van der Waals surface area contributed by atoms with Crippen LogP contribution < -0.4 is 9.47 Å². The maximum atomic E-state index is 12.7. The number of aryl methyl sites for hydroxylation is 1. The molecule has 0 radical (unpaired) electrons. The first kappa shape index (κ1) is 17.8. The normalized spacial score (nSPS) is 16.6. The topological polar surface area (TPSA) is 51.7 Å². The third kappa shape index (κ3) is 3.90. The number of hydrogen-bond donors (Lipinski definition) is 0. The minimum Gasteiger partial charge on any atom is -0.496 e. The number of carbonyl (C=O) groups excluding carboxylic acids is 1. The third-order valence-electron chi connectivity index (χ3n) is 4.98. The Morgan fingerprint density at radius 3 is 3.00 bits per heavy atom. The average molecular weight is 382 g/mol. The molecule has 1 aliphatic heterocycles. The zero-order valence-electron chi connectivity index (χ0n) is 15.3. The van der Waals surface area contributed by atoms with Crippen molar-refractivity contribution in [1.29, 1.82) is 0 Å². The molecule has 1 fully saturated rings. The number of rotatable bonds is 6. The fourth-order valence-electron chi connectivity index (χ4n) is 3.62. The first-order valence-corrected chi connectivity index (χ1v) is 10.0. The highest BCUT2D eigenvalue weighted by atomic mass is 32.1. The molecule has 0 aliphatic carbocycles. The third-order valence-corrected chi connectivity index (χ3v) is 5.64. The smallest absolute Gasteiger partial charge is 0.273 e. The lowest BCUT2D eigenvalue weighted by Gasteiger charge is -2.17. The van der Waals surface area contributed by atoms with E-state index in [1.54, 1.807) is 13.3 Å². The molecule has 1 saturated heterocycles. The van der Waals surface area contributed by atoms with Gasteiger partial charge in [0.1, 0.15) is 11.9 Å². The number of amides is 1. The predicted octanol–water partition coefficient (Wildman–Crippen LogP) is 3.92. The molecule has 1 unspecified atom stereocenters. The molecule has 5 nitrogen and oxygen atoms in total. The molecule has 0 N–H and O–H groups in total. The minimum atomic E-state index is 0.0344. The number of hydrogen-bond acceptors (Lipinski definition) is 5. The van der Waals surface area contributed by atoms with Crippen LogP contribution in [-0.2, 0) is 11.2 Å². The van der Waals surface area contributed by atoms with Crippen molar-refractivity contribution >= 4 is 28.0 Å². The molecule has 6 heteroatoms. The van der Waals surface area contributed by atoms with Crippen molar-refractivity contribution in [3.8, 4) is 10.9 Å². The Morgan fingerprint density at radius 1 is 1.30 bits per heavy atom. The summed E-state index contributed by atoms with van der Waals surface area (Å²) in [7, 11) is 1.68. The van der Waals surface area contributed by atoms with Crippen molar-refractivity contribution in [3.63, 3.8) is 0 Å². The Hall–Kier alpha value is -2.60. The molecule has 0 saturated carbocycles. The summed E-state index contributed by atoms with van der Waals surface area (Å²) >= 11 is 1.48. The van der Waals surface area contributed by atoms with Crippen molar-refractivity contribution in [2.45, 2.75) is 25.4 Å². The van der Waals surface area contributed by atoms with E-state index >= 15 is 0 Å². The van der Waals surface area contributed by atoms with Gasteiger partial charge in [-0.2, -0.15) is 0 Å². The number of carbonyl (C=O) groups is 1. The van der Waals surface area contributed by atoms with Gasteiger partial charge in [0.05, 0.1) is 13.7 Å². The molecule has 2 heterocycles. The van der Waals surface area contributed by atoms with Gasteiger partial charge in [0, 0.05) is 36.5 Å². The maximum absolute atomic E-state index is 12.7. The van der Waals surface area contributed by atoms with Gasteiger partial charge in [0.15, 0.2) is 0 Å². The van der Waals surface area contributed by atoms with Crippen LogP contribution in [0.3, 0.4) is 0 Å². The van der Waals surface area contributed by atoms with Crippen molar-refractivity contribution < 1.29 is 14.3 Å². The lowest BCUT2D eigenvalue weighted by atomic mass is 9.99. The van der Waals surface area contributed by atoms with Crippen LogP contribution in [0.25, 0.3) is 10.8 Å². The van der Waals surface area contributed by atoms with Crippen LogP contribution in [0.15, 0.2) is 48.0 Å². The zero-order chi connectivity index (χ0) is 18.6. The number of fused-ring (bicyclic) bond motifs is 1. The van der Waals surface area contributed by atoms with Crippen molar-refractivity contribution in [3.05, 3.63) is 53.5 Å². The number of nitrogens with zero attached hydrogens (tertiary/aromatic N) is 2. The van der Waals surface area contributed by atoms with Gasteiger partial charge < -0.3 is 14.4 Å². The molecule has 2 aromatic carbocycles. The Labute approximate surface area is 162 Å². The van der Waals surface area contributed by atoms with Gasteiger partial charge in [0.25, 0.3) is 5.19 Å². The molecule has 27 heavy (non-hydrogen) atoms. The summed E-state index contributed by atoms with van der Waals surface area (Å²) in [4.78, 5) is 18.8. The predicted molar refractivity (Wildman–Crippen MR) is 107 cm³/mol. The van der Waals surface area contributed by atoms with Crippen LogP contribution in [0.1, 0.15) is 18.4 Å². The number of likely N-dealkylation sites (tertiary alicyclic amines) is 1. The van der Waals surface area contributed by atoms with Gasteiger partial charge in [-0.3, -0.25) is 4.79 Å². The SMILES string of the molecule is COc1ccc2ccccc2c1CCC(=O)N1CCC(Oc2nccs2)C1. The fraction of sp³-hybridized carbons (Fsp3) is 0.333. The highest BCUT2D eigenvalue weighted by Crippen LogP contribution is 2.29. The molecule has 4 rings (SSSR count). The fourth-order valence-corrected chi connectivity index (χ4v) is 4.17. The van der Waals surface area contributed by atoms with Gasteiger partial charge in [-0.1, -0.05) is 41.7 Å². The van der Waals surface area contributed by atoms with E-state index in [0.29, 0.717) is 24.6 Å². The zero-order valence-corrected chi connectivity index (χ0v) is 16.1. The minimum absolute atomic E-state index is 0.0344. The standard InChI is InChI=1S/C21H22N2O3S/c1-25-19-8-6-15-4-2-3-5-17(15)18(19)7-9-20(24)23-12-10-16(14-23)26-21-22-11-13-27-21/h2-6,8,11,13,16H,7,9-10,12,14H2,1H3. The summed E-state index contributed by atoms with van der Waals surface area (Å²) in [5, 5.41) is 4.88. The molecule has 1 aliphatic rings. The van der Waals surface area contributed by atoms with E-state index in [1.165, 1.54) is 16.7 Å². The van der Waals surface area contributed by atoms with E-state index in [4.69, 9.17) is 9.47 Å². The summed E-state index contributed by atoms with van der Waals surface area (Å²) in [6.45, 7) is 1.37. The molecular formula is C21H22N2O3S. The van der Waals surface area contributed by atoms with Crippen LogP contribution in [-0.4, -0.2) is 42.1 Å². The second kappa shape index (κ2) is 7.96. The second-order valence-electron chi connectivity index (χ2n) is 6.63. The molecule has 1 aromatic heterocycles. The van der Waals surface area contributed by atoms with Crippen molar-refractivity contribution in [2.75, 3.05) is 20.2 Å². The van der Waals surface area contributed by atoms with Gasteiger partial charge >= 0.3 is 0 Å². The van der Waals surface area contributed by atoms with Gasteiger partial charge in [0.2, 0.25) is 5.91 Å². The summed E-state index contributed by atoms with van der Waals surface area (Å²) in [6.07, 6.45) is 3.75. The Bertz CT molecular complexity index is 926. The van der Waals surface area contributed by atoms with Gasteiger partial charge in [-0.15, -0.1) is 0 Å². The number of thiazole rings is 1. The number of ether oxygens (including phenoxy) is 2. The van der Waals surface area contributed by atoms with E-state index in [1.807, 2.05) is 28.5 Å². The highest BCUT2D eigenvalue weighted by Gasteiger charge is 2.28. The summed E-state index contributed by atoms with van der Waals surface area (Å²) in [6, 6.07) is 12.3. The largest absolute Gasteiger partial charge is 0.496 e. The number of benzene rings is 2. The molecular weight excluding hydrogens is 360 g/mol. The van der Waals surface area contributed by atoms with Crippen LogP contribution in [0, 0.1) is 0 Å². The van der Waals surface area contributed by atoms with Crippen LogP contribution in [0.2, 0.25) is 0 Å². The molecule has 140 valence electrons. The summed E-state index contributed by atoms with van der Waals surface area (Å²) < 4.78 is 11.4. The Balaban J connectivity index is 1.40. The van der Waals surface area contributed by atoms with E-state index in [9.17, 15) is 4.79 Å². The van der Waals surface area contributed by atoms with E-state index in [0.717, 1.165) is 29.7 Å². The molecule has 0 spiro atoms. The summed E-state index contributed by atoms with van der Waals surface area (Å²) in [5.41, 5.74) is 1.10. The Morgan fingerprint density at radius 2 is 2.19 bits per heavy atom. The lowest BCUT2D eigenvalue weighted by molar-refractivity contribution is -0.130. The number of methoxy groups -OCH3 is 1. The first-order valence-electron chi connectivity index (χ1n) is 9.13. The van der Waals surface area contributed by atoms with Crippen molar-refractivity contribution in [1.82, 2.24) is 9.88 Å². The molecule has 0 bridgehead atoms. The van der Waals surface area contributed by atoms with E-state index < -0.39 is 0 Å². The van der Waals surface area contributed by atoms with E-state index in [2.05, 4.69) is 23.2 Å². The van der Waals surface area contributed by atoms with Crippen LogP contribution >= 0.6 is 11.3 Å². The molecule has 1 atom stereocenters. The Kier molecular flexibility index (Phi) is 5.25.